The summed E-state index contributed by atoms with van der Waals surface area (Å²) in [6.45, 7) is 7.89. The molecular weight excluding hydrogens is 506 g/mol. The number of carbonyl (C=O) groups is 1. The van der Waals surface area contributed by atoms with Crippen molar-refractivity contribution < 1.29 is 14.3 Å². The molecule has 4 rings (SSSR count). The van der Waals surface area contributed by atoms with Gasteiger partial charge in [0.2, 0.25) is 5.95 Å². The average Bonchev–Trinajstić information content (AvgIpc) is 2.84. The molecule has 0 atom stereocenters. The molecule has 1 aliphatic rings. The van der Waals surface area contributed by atoms with Crippen molar-refractivity contribution in [1.82, 2.24) is 14.9 Å². The third kappa shape index (κ3) is 6.16. The minimum Gasteiger partial charge on any atom is -0.465 e. The van der Waals surface area contributed by atoms with E-state index in [-0.39, 0.29) is 23.9 Å². The molecule has 0 bridgehead atoms. The second kappa shape index (κ2) is 11.3. The van der Waals surface area contributed by atoms with Crippen molar-refractivity contribution in [1.29, 1.82) is 0 Å². The number of piperazine rings is 1. The van der Waals surface area contributed by atoms with E-state index in [4.69, 9.17) is 23.2 Å². The van der Waals surface area contributed by atoms with Crippen LogP contribution >= 0.6 is 23.2 Å². The zero-order valence-corrected chi connectivity index (χ0v) is 21.5. The quantitative estimate of drug-likeness (QED) is 0.392. The predicted molar refractivity (Wildman–Crippen MR) is 141 cm³/mol. The van der Waals surface area contributed by atoms with Gasteiger partial charge in [-0.15, -0.1) is 0 Å². The van der Waals surface area contributed by atoms with E-state index in [1.807, 2.05) is 12.1 Å². The predicted octanol–water partition coefficient (Wildman–Crippen LogP) is 5.88. The van der Waals surface area contributed by atoms with Crippen molar-refractivity contribution in [3.8, 4) is 0 Å². The first-order valence-corrected chi connectivity index (χ1v) is 12.3. The first-order chi connectivity index (χ1) is 17.2. The first-order valence-electron chi connectivity index (χ1n) is 11.5. The van der Waals surface area contributed by atoms with Crippen LogP contribution in [0.15, 0.2) is 48.7 Å². The summed E-state index contributed by atoms with van der Waals surface area (Å²) in [5.74, 6) is -0.289. The summed E-state index contributed by atoms with van der Waals surface area (Å²) in [4.78, 5) is 26.1. The molecule has 0 spiro atoms. The van der Waals surface area contributed by atoms with Crippen molar-refractivity contribution in [2.45, 2.75) is 26.4 Å². The molecule has 1 fully saturated rings. The highest BCUT2D eigenvalue weighted by Gasteiger charge is 2.21. The maximum atomic E-state index is 14.2. The summed E-state index contributed by atoms with van der Waals surface area (Å²) in [5, 5.41) is 13.7. The molecule has 3 aromatic rings. The molecule has 1 aliphatic heterocycles. The van der Waals surface area contributed by atoms with Gasteiger partial charge in [-0.25, -0.2) is 14.2 Å². The standard InChI is InChI=1S/C25H27Cl2FN6O2/c1-16(2)32-9-11-33(12-10-32)22-6-4-19(14-20(22)27)30-24-29-8-7-23(31-24)34(25(35)36)15-17-13-18(26)3-5-21(17)28/h3-8,13-14,16H,9-12,15H2,1-2H3,(H,35,36)(H,29,30,31). The summed E-state index contributed by atoms with van der Waals surface area (Å²) < 4.78 is 14.2. The van der Waals surface area contributed by atoms with E-state index in [1.165, 1.54) is 30.5 Å². The van der Waals surface area contributed by atoms with Crippen molar-refractivity contribution >= 4 is 52.4 Å². The number of rotatable bonds is 7. The lowest BCUT2D eigenvalue weighted by Crippen LogP contribution is -2.49. The zero-order chi connectivity index (χ0) is 25.8. The van der Waals surface area contributed by atoms with Crippen molar-refractivity contribution in [2.24, 2.45) is 0 Å². The van der Waals surface area contributed by atoms with Gasteiger partial charge in [-0.3, -0.25) is 9.80 Å². The minimum absolute atomic E-state index is 0.0881. The highest BCUT2D eigenvalue weighted by atomic mass is 35.5. The number of nitrogens with zero attached hydrogens (tertiary/aromatic N) is 5. The summed E-state index contributed by atoms with van der Waals surface area (Å²) in [6, 6.07) is 11.6. The van der Waals surface area contributed by atoms with Crippen LogP contribution in [0.5, 0.6) is 0 Å². The molecule has 36 heavy (non-hydrogen) atoms. The number of hydrogen-bond acceptors (Lipinski definition) is 6. The molecule has 190 valence electrons. The van der Waals surface area contributed by atoms with Gasteiger partial charge in [0.05, 0.1) is 17.3 Å². The average molecular weight is 533 g/mol. The maximum absolute atomic E-state index is 14.2. The van der Waals surface area contributed by atoms with E-state index in [0.29, 0.717) is 21.8 Å². The molecule has 0 radical (unpaired) electrons. The van der Waals surface area contributed by atoms with Gasteiger partial charge < -0.3 is 15.3 Å². The fourth-order valence-electron chi connectivity index (χ4n) is 4.09. The number of aromatic nitrogens is 2. The minimum atomic E-state index is -1.29. The Kier molecular flexibility index (Phi) is 8.13. The molecule has 0 unspecified atom stereocenters. The summed E-state index contributed by atoms with van der Waals surface area (Å²) in [7, 11) is 0. The molecule has 1 aromatic heterocycles. The van der Waals surface area contributed by atoms with E-state index < -0.39 is 11.9 Å². The Morgan fingerprint density at radius 3 is 2.56 bits per heavy atom. The second-order valence-corrected chi connectivity index (χ2v) is 9.59. The number of amides is 1. The number of anilines is 4. The monoisotopic (exact) mass is 532 g/mol. The SMILES string of the molecule is CC(C)N1CCN(c2ccc(Nc3nccc(N(Cc4cc(Cl)ccc4F)C(=O)O)n3)cc2Cl)CC1. The molecular formula is C25H27Cl2FN6O2. The van der Waals surface area contributed by atoms with Crippen LogP contribution < -0.4 is 15.1 Å². The van der Waals surface area contributed by atoms with E-state index in [2.05, 4.69) is 38.9 Å². The molecule has 2 N–H and O–H groups in total. The number of hydrogen-bond donors (Lipinski definition) is 2. The molecule has 11 heteroatoms. The fraction of sp³-hybridized carbons (Fsp3) is 0.320. The van der Waals surface area contributed by atoms with E-state index >= 15 is 0 Å². The van der Waals surface area contributed by atoms with E-state index in [0.717, 1.165) is 36.8 Å². The first kappa shape index (κ1) is 25.9. The Hall–Kier alpha value is -3.14. The highest BCUT2D eigenvalue weighted by Crippen LogP contribution is 2.31. The maximum Gasteiger partial charge on any atom is 0.413 e. The molecule has 2 heterocycles. The second-order valence-electron chi connectivity index (χ2n) is 8.75. The van der Waals surface area contributed by atoms with Gasteiger partial charge in [0.25, 0.3) is 0 Å². The summed E-state index contributed by atoms with van der Waals surface area (Å²) in [5.41, 5.74) is 1.75. The van der Waals surface area contributed by atoms with Crippen LogP contribution in [0, 0.1) is 5.82 Å². The topological polar surface area (TPSA) is 84.8 Å². The lowest BCUT2D eigenvalue weighted by molar-refractivity contribution is 0.201. The highest BCUT2D eigenvalue weighted by molar-refractivity contribution is 6.33. The normalized spacial score (nSPS) is 14.2. The number of carboxylic acid groups (broad SMARTS) is 1. The van der Waals surface area contributed by atoms with Crippen LogP contribution in [0.2, 0.25) is 10.0 Å². The van der Waals surface area contributed by atoms with E-state index in [1.54, 1.807) is 6.07 Å². The number of benzene rings is 2. The third-order valence-corrected chi connectivity index (χ3v) is 6.61. The van der Waals surface area contributed by atoms with Crippen LogP contribution in [0.3, 0.4) is 0 Å². The Morgan fingerprint density at radius 1 is 1.14 bits per heavy atom. The van der Waals surface area contributed by atoms with E-state index in [9.17, 15) is 14.3 Å². The number of nitrogens with one attached hydrogen (secondary N) is 1. The summed E-state index contributed by atoms with van der Waals surface area (Å²) >= 11 is 12.6. The van der Waals surface area contributed by atoms with Gasteiger partial charge in [-0.05, 0) is 56.3 Å². The fourth-order valence-corrected chi connectivity index (χ4v) is 4.59. The molecule has 8 nitrogen and oxygen atoms in total. The molecule has 2 aromatic carbocycles. The van der Waals surface area contributed by atoms with Gasteiger partial charge in [0, 0.05) is 54.7 Å². The Morgan fingerprint density at radius 2 is 1.89 bits per heavy atom. The number of halogens is 3. The van der Waals surface area contributed by atoms with Crippen molar-refractivity contribution in [3.63, 3.8) is 0 Å². The molecule has 0 saturated carbocycles. The third-order valence-electron chi connectivity index (χ3n) is 6.07. The molecule has 1 saturated heterocycles. The smallest absolute Gasteiger partial charge is 0.413 e. The van der Waals surface area contributed by atoms with Gasteiger partial charge in [-0.2, -0.15) is 4.98 Å². The van der Waals surface area contributed by atoms with Crippen LogP contribution in [-0.4, -0.2) is 58.3 Å². The van der Waals surface area contributed by atoms with Crippen molar-refractivity contribution in [3.05, 3.63) is 70.1 Å². The largest absolute Gasteiger partial charge is 0.465 e. The van der Waals surface area contributed by atoms with Gasteiger partial charge >= 0.3 is 6.09 Å². The van der Waals surface area contributed by atoms with Gasteiger partial charge in [0.1, 0.15) is 11.6 Å². The molecule has 1 amide bonds. The van der Waals surface area contributed by atoms with Crippen LogP contribution in [0.25, 0.3) is 0 Å². The Labute approximate surface area is 219 Å². The lowest BCUT2D eigenvalue weighted by Gasteiger charge is -2.38. The summed E-state index contributed by atoms with van der Waals surface area (Å²) in [6.07, 6.45) is 0.142. The Balaban J connectivity index is 1.48. The van der Waals surface area contributed by atoms with Crippen LogP contribution in [0.4, 0.5) is 32.3 Å². The van der Waals surface area contributed by atoms with Crippen LogP contribution in [0.1, 0.15) is 19.4 Å². The van der Waals surface area contributed by atoms with Crippen LogP contribution in [-0.2, 0) is 6.54 Å². The zero-order valence-electron chi connectivity index (χ0n) is 20.0. The molecule has 0 aliphatic carbocycles. The van der Waals surface area contributed by atoms with Gasteiger partial charge in [0.15, 0.2) is 0 Å². The van der Waals surface area contributed by atoms with Gasteiger partial charge in [-0.1, -0.05) is 23.2 Å². The lowest BCUT2D eigenvalue weighted by atomic mass is 10.2. The van der Waals surface area contributed by atoms with Crippen molar-refractivity contribution in [2.75, 3.05) is 41.3 Å². The Bertz CT molecular complexity index is 1240.